The third kappa shape index (κ3) is 1.91. The van der Waals surface area contributed by atoms with Crippen molar-refractivity contribution in [1.82, 2.24) is 0 Å². The molecule has 0 fully saturated rings. The first-order chi connectivity index (χ1) is 7.02. The minimum atomic E-state index is -0.365. The molecule has 3 nitrogen and oxygen atoms in total. The molecular formula is C12H14O3. The summed E-state index contributed by atoms with van der Waals surface area (Å²) in [5, 5.41) is 0. The SMILES string of the molecule is COC(=O)c1cc(C)c(C=O)c(C)c1C. The first-order valence-corrected chi connectivity index (χ1v) is 4.67. The summed E-state index contributed by atoms with van der Waals surface area (Å²) in [6.07, 6.45) is 0.818. The molecule has 0 amide bonds. The van der Waals surface area contributed by atoms with Gasteiger partial charge in [0.05, 0.1) is 12.7 Å². The number of methoxy groups -OCH3 is 1. The fourth-order valence-corrected chi connectivity index (χ4v) is 1.61. The molecule has 0 aliphatic heterocycles. The number of hydrogen-bond donors (Lipinski definition) is 0. The number of benzene rings is 1. The Hall–Kier alpha value is -1.64. The Morgan fingerprint density at radius 1 is 1.27 bits per heavy atom. The molecule has 0 N–H and O–H groups in total. The highest BCUT2D eigenvalue weighted by Crippen LogP contribution is 2.21. The average molecular weight is 206 g/mol. The fourth-order valence-electron chi connectivity index (χ4n) is 1.61. The topological polar surface area (TPSA) is 43.4 Å². The van der Waals surface area contributed by atoms with Gasteiger partial charge in [0.25, 0.3) is 0 Å². The molecular weight excluding hydrogens is 192 g/mol. The van der Waals surface area contributed by atoms with Crippen molar-refractivity contribution in [2.75, 3.05) is 7.11 Å². The van der Waals surface area contributed by atoms with E-state index in [-0.39, 0.29) is 5.97 Å². The average Bonchev–Trinajstić information content (AvgIpc) is 2.23. The van der Waals surface area contributed by atoms with E-state index < -0.39 is 0 Å². The van der Waals surface area contributed by atoms with E-state index in [4.69, 9.17) is 0 Å². The van der Waals surface area contributed by atoms with E-state index in [1.807, 2.05) is 20.8 Å². The van der Waals surface area contributed by atoms with E-state index >= 15 is 0 Å². The summed E-state index contributed by atoms with van der Waals surface area (Å²) in [4.78, 5) is 22.3. The molecule has 1 aromatic rings. The lowest BCUT2D eigenvalue weighted by Gasteiger charge is -2.11. The molecule has 0 aliphatic carbocycles. The van der Waals surface area contributed by atoms with Crippen molar-refractivity contribution >= 4 is 12.3 Å². The molecule has 0 saturated carbocycles. The third-order valence-corrected chi connectivity index (χ3v) is 2.68. The summed E-state index contributed by atoms with van der Waals surface area (Å²) in [6.45, 7) is 5.45. The molecule has 0 radical (unpaired) electrons. The molecule has 0 spiro atoms. The first-order valence-electron chi connectivity index (χ1n) is 4.67. The maximum atomic E-state index is 11.4. The van der Waals surface area contributed by atoms with Crippen LogP contribution in [0.5, 0.6) is 0 Å². The number of aryl methyl sites for hydroxylation is 1. The predicted molar refractivity (Wildman–Crippen MR) is 57.4 cm³/mol. The second kappa shape index (κ2) is 4.26. The van der Waals surface area contributed by atoms with Crippen LogP contribution in [0.3, 0.4) is 0 Å². The van der Waals surface area contributed by atoms with Crippen molar-refractivity contribution in [2.24, 2.45) is 0 Å². The third-order valence-electron chi connectivity index (χ3n) is 2.68. The van der Waals surface area contributed by atoms with E-state index in [0.717, 1.165) is 23.0 Å². The standard InChI is InChI=1S/C12H14O3/c1-7-5-10(12(14)15-4)8(2)9(3)11(7)6-13/h5-6H,1-4H3. The van der Waals surface area contributed by atoms with E-state index in [0.29, 0.717) is 11.1 Å². The summed E-state index contributed by atoms with van der Waals surface area (Å²) in [7, 11) is 1.35. The highest BCUT2D eigenvalue weighted by molar-refractivity contribution is 5.93. The lowest BCUT2D eigenvalue weighted by Crippen LogP contribution is -2.08. The van der Waals surface area contributed by atoms with Crippen LogP contribution in [-0.2, 0) is 4.74 Å². The second-order valence-electron chi connectivity index (χ2n) is 3.51. The van der Waals surface area contributed by atoms with Crippen LogP contribution < -0.4 is 0 Å². The van der Waals surface area contributed by atoms with Crippen LogP contribution in [-0.4, -0.2) is 19.4 Å². The zero-order valence-corrected chi connectivity index (χ0v) is 9.38. The van der Waals surface area contributed by atoms with Crippen molar-refractivity contribution in [3.63, 3.8) is 0 Å². The Morgan fingerprint density at radius 2 is 1.87 bits per heavy atom. The Morgan fingerprint density at radius 3 is 2.33 bits per heavy atom. The number of aldehydes is 1. The van der Waals surface area contributed by atoms with Gasteiger partial charge < -0.3 is 4.74 Å². The van der Waals surface area contributed by atoms with E-state index in [1.165, 1.54) is 7.11 Å². The summed E-state index contributed by atoms with van der Waals surface area (Å²) < 4.78 is 4.67. The highest BCUT2D eigenvalue weighted by Gasteiger charge is 2.15. The smallest absolute Gasteiger partial charge is 0.338 e. The zero-order valence-electron chi connectivity index (χ0n) is 9.38. The normalized spacial score (nSPS) is 9.87. The molecule has 3 heteroatoms. The lowest BCUT2D eigenvalue weighted by atomic mass is 9.94. The van der Waals surface area contributed by atoms with Gasteiger partial charge in [0.1, 0.15) is 0 Å². The Labute approximate surface area is 89.1 Å². The van der Waals surface area contributed by atoms with Gasteiger partial charge in [0.2, 0.25) is 0 Å². The van der Waals surface area contributed by atoms with Gasteiger partial charge in [-0.25, -0.2) is 4.79 Å². The van der Waals surface area contributed by atoms with Gasteiger partial charge in [-0.3, -0.25) is 4.79 Å². The van der Waals surface area contributed by atoms with Gasteiger partial charge in [0, 0.05) is 5.56 Å². The minimum Gasteiger partial charge on any atom is -0.465 e. The molecule has 0 aromatic heterocycles. The van der Waals surface area contributed by atoms with Crippen LogP contribution in [0.1, 0.15) is 37.4 Å². The van der Waals surface area contributed by atoms with Crippen molar-refractivity contribution in [3.8, 4) is 0 Å². The molecule has 80 valence electrons. The maximum Gasteiger partial charge on any atom is 0.338 e. The summed E-state index contributed by atoms with van der Waals surface area (Å²) >= 11 is 0. The molecule has 0 aliphatic rings. The van der Waals surface area contributed by atoms with Crippen molar-refractivity contribution < 1.29 is 14.3 Å². The van der Waals surface area contributed by atoms with Gasteiger partial charge in [-0.1, -0.05) is 0 Å². The molecule has 1 rings (SSSR count). The van der Waals surface area contributed by atoms with Crippen molar-refractivity contribution in [1.29, 1.82) is 0 Å². The van der Waals surface area contributed by atoms with Crippen molar-refractivity contribution in [3.05, 3.63) is 33.9 Å². The van der Waals surface area contributed by atoms with Gasteiger partial charge in [-0.05, 0) is 43.5 Å². The van der Waals surface area contributed by atoms with E-state index in [2.05, 4.69) is 4.74 Å². The monoisotopic (exact) mass is 206 g/mol. The predicted octanol–water partition coefficient (Wildman–Crippen LogP) is 2.21. The number of rotatable bonds is 2. The quantitative estimate of drug-likeness (QED) is 0.550. The van der Waals surface area contributed by atoms with Crippen LogP contribution in [0.4, 0.5) is 0 Å². The number of hydrogen-bond acceptors (Lipinski definition) is 3. The Balaban J connectivity index is 3.47. The Bertz CT molecular complexity index is 419. The summed E-state index contributed by atoms with van der Waals surface area (Å²) in [6, 6.07) is 1.69. The largest absolute Gasteiger partial charge is 0.465 e. The molecule has 15 heavy (non-hydrogen) atoms. The fraction of sp³-hybridized carbons (Fsp3) is 0.333. The molecule has 0 unspecified atom stereocenters. The van der Waals surface area contributed by atoms with Crippen LogP contribution in [0.25, 0.3) is 0 Å². The first kappa shape index (κ1) is 11.4. The summed E-state index contributed by atoms with van der Waals surface area (Å²) in [5.41, 5.74) is 3.62. The van der Waals surface area contributed by atoms with Crippen LogP contribution >= 0.6 is 0 Å². The number of carbonyl (C=O) groups is 2. The lowest BCUT2D eigenvalue weighted by molar-refractivity contribution is 0.0599. The van der Waals surface area contributed by atoms with Crippen molar-refractivity contribution in [2.45, 2.75) is 20.8 Å². The highest BCUT2D eigenvalue weighted by atomic mass is 16.5. The van der Waals surface area contributed by atoms with E-state index in [1.54, 1.807) is 6.07 Å². The summed E-state index contributed by atoms with van der Waals surface area (Å²) in [5.74, 6) is -0.365. The number of ether oxygens (including phenoxy) is 1. The molecule has 0 bridgehead atoms. The van der Waals surface area contributed by atoms with Crippen LogP contribution in [0.15, 0.2) is 6.07 Å². The Kier molecular flexibility index (Phi) is 3.24. The van der Waals surface area contributed by atoms with Gasteiger partial charge >= 0.3 is 5.97 Å². The van der Waals surface area contributed by atoms with Crippen LogP contribution in [0.2, 0.25) is 0 Å². The zero-order chi connectivity index (χ0) is 11.6. The number of esters is 1. The molecule has 0 saturated heterocycles. The molecule has 0 heterocycles. The maximum absolute atomic E-state index is 11.4. The van der Waals surface area contributed by atoms with Crippen LogP contribution in [0, 0.1) is 20.8 Å². The van der Waals surface area contributed by atoms with E-state index in [9.17, 15) is 9.59 Å². The van der Waals surface area contributed by atoms with Gasteiger partial charge in [0.15, 0.2) is 6.29 Å². The second-order valence-corrected chi connectivity index (χ2v) is 3.51. The molecule has 0 atom stereocenters. The van der Waals surface area contributed by atoms with Gasteiger partial charge in [-0.2, -0.15) is 0 Å². The minimum absolute atomic E-state index is 0.365. The van der Waals surface area contributed by atoms with Gasteiger partial charge in [-0.15, -0.1) is 0 Å². The number of carbonyl (C=O) groups excluding carboxylic acids is 2. The molecule has 1 aromatic carbocycles.